The summed E-state index contributed by atoms with van der Waals surface area (Å²) in [5.74, 6) is -5.23. The summed E-state index contributed by atoms with van der Waals surface area (Å²) in [4.78, 5) is 20.2. The number of benzene rings is 2. The lowest BCUT2D eigenvalue weighted by Gasteiger charge is -2.46. The molecule has 3 heterocycles. The van der Waals surface area contributed by atoms with Crippen LogP contribution in [0.1, 0.15) is 55.8 Å². The number of phenolic OH excluding ortho intramolecular Hbond substituents is 1. The van der Waals surface area contributed by atoms with Crippen LogP contribution in [0.25, 0.3) is 5.76 Å². The molecule has 1 saturated heterocycles. The second-order valence-corrected chi connectivity index (χ2v) is 12.9. The fraction of sp³-hybridized carbons (Fsp3) is 0.500. The maximum Gasteiger partial charge on any atom is 0.336 e. The fourth-order valence-corrected chi connectivity index (χ4v) is 6.88. The van der Waals surface area contributed by atoms with Gasteiger partial charge in [-0.2, -0.15) is 0 Å². The number of fused-ring (bicyclic) bond motifs is 1. The minimum absolute atomic E-state index is 0.0490. The number of rotatable bonds is 11. The number of methoxy groups -OCH3 is 1. The van der Waals surface area contributed by atoms with Crippen molar-refractivity contribution in [1.29, 1.82) is 0 Å². The molecule has 3 aliphatic heterocycles. The van der Waals surface area contributed by atoms with Gasteiger partial charge in [0.15, 0.2) is 17.6 Å². The Labute approximate surface area is 286 Å². The Hall–Kier alpha value is -4.45. The van der Waals surface area contributed by atoms with Crippen molar-refractivity contribution in [1.82, 2.24) is 0 Å². The van der Waals surface area contributed by atoms with E-state index in [0.29, 0.717) is 30.6 Å². The Morgan fingerprint density at radius 1 is 1.14 bits per heavy atom. The van der Waals surface area contributed by atoms with Crippen molar-refractivity contribution in [3.63, 3.8) is 0 Å². The van der Waals surface area contributed by atoms with Gasteiger partial charge in [-0.25, -0.2) is 9.79 Å². The molecule has 2 aromatic rings. The number of nitrogens with zero attached hydrogens (tertiary/aromatic N) is 2. The average Bonchev–Trinajstić information content (AvgIpc) is 3.59. The SMILES string of the molecule is COc1ccc(C2C=C(O)c3c(cc(O[C@@H]4O[C@H](C(=O)O)[C@](O)(CC5=NC=NC5)[C@@H](O)[C@H]4O)c(O[C@@]4(O)CCC[C@H](CCO)C4)c3O)O2)cc1. The Morgan fingerprint density at radius 3 is 2.56 bits per heavy atom. The minimum atomic E-state index is -2.54. The van der Waals surface area contributed by atoms with Gasteiger partial charge in [0.2, 0.25) is 17.8 Å². The topological polar surface area (TPSA) is 250 Å². The molecule has 4 aliphatic rings. The zero-order valence-electron chi connectivity index (χ0n) is 27.1. The first-order valence-electron chi connectivity index (χ1n) is 16.2. The van der Waals surface area contributed by atoms with E-state index in [1.54, 1.807) is 24.3 Å². The smallest absolute Gasteiger partial charge is 0.336 e. The van der Waals surface area contributed by atoms with Crippen LogP contribution in [0.4, 0.5) is 0 Å². The van der Waals surface area contributed by atoms with Crippen molar-refractivity contribution in [2.45, 2.75) is 80.6 Å². The van der Waals surface area contributed by atoms with Crippen LogP contribution in [0.2, 0.25) is 0 Å². The van der Waals surface area contributed by atoms with Crippen LogP contribution in [-0.2, 0) is 9.53 Å². The third-order valence-corrected chi connectivity index (χ3v) is 9.45. The zero-order chi connectivity index (χ0) is 35.8. The molecule has 8 atom stereocenters. The minimum Gasteiger partial charge on any atom is -0.507 e. The van der Waals surface area contributed by atoms with E-state index in [-0.39, 0.29) is 48.9 Å². The number of phenols is 1. The van der Waals surface area contributed by atoms with E-state index < -0.39 is 77.5 Å². The quantitative estimate of drug-likeness (QED) is 0.155. The summed E-state index contributed by atoms with van der Waals surface area (Å²) in [6.07, 6.45) is -5.23. The van der Waals surface area contributed by atoms with Crippen molar-refractivity contribution in [2.24, 2.45) is 15.9 Å². The van der Waals surface area contributed by atoms with Gasteiger partial charge in [0.05, 0.1) is 13.7 Å². The predicted molar refractivity (Wildman–Crippen MR) is 174 cm³/mol. The normalized spacial score (nSPS) is 32.0. The summed E-state index contributed by atoms with van der Waals surface area (Å²) in [6, 6.07) is 8.00. The number of aromatic hydroxyl groups is 1. The van der Waals surface area contributed by atoms with Crippen LogP contribution in [0.3, 0.4) is 0 Å². The van der Waals surface area contributed by atoms with Gasteiger partial charge in [-0.1, -0.05) is 12.1 Å². The highest BCUT2D eigenvalue weighted by Gasteiger charge is 2.59. The summed E-state index contributed by atoms with van der Waals surface area (Å²) >= 11 is 0. The molecular weight excluding hydrogens is 660 g/mol. The second kappa shape index (κ2) is 14.0. The standard InChI is InChI=1S/C34H40N2O14/c1-46-20-6-4-18(5-7-20)22-11-21(38)25-23(47-22)12-24(28(26(25)39)50-33(44)9-2-3-17(13-33)8-10-37)48-32-27(40)29(41)34(45,30(49-32)31(42)43)14-19-15-35-16-36-19/h4-7,11-12,16-17,22,27,29-30,32,37-41,44-45H,2-3,8-10,13-15H2,1H3,(H,42,43)/t17-,22?,27-,29+,30-,32-,33+,34+/m1/s1. The molecule has 0 spiro atoms. The second-order valence-electron chi connectivity index (χ2n) is 12.9. The van der Waals surface area contributed by atoms with E-state index in [1.807, 2.05) is 0 Å². The lowest BCUT2D eigenvalue weighted by atomic mass is 9.80. The first-order valence-corrected chi connectivity index (χ1v) is 16.2. The number of aliphatic carboxylic acids is 1. The number of hydrogen-bond acceptors (Lipinski definition) is 15. The Bertz CT molecular complexity index is 1680. The van der Waals surface area contributed by atoms with Gasteiger partial charge in [-0.3, -0.25) is 4.99 Å². The van der Waals surface area contributed by atoms with Gasteiger partial charge in [0.1, 0.15) is 53.1 Å². The van der Waals surface area contributed by atoms with Gasteiger partial charge < -0.3 is 64.5 Å². The monoisotopic (exact) mass is 700 g/mol. The summed E-state index contributed by atoms with van der Waals surface area (Å²) < 4.78 is 28.9. The molecule has 0 bridgehead atoms. The summed E-state index contributed by atoms with van der Waals surface area (Å²) in [5, 5.41) is 87.5. The van der Waals surface area contributed by atoms with Crippen molar-refractivity contribution in [2.75, 3.05) is 20.3 Å². The van der Waals surface area contributed by atoms with Crippen LogP contribution in [0.15, 0.2) is 46.4 Å². The molecule has 1 unspecified atom stereocenters. The Balaban J connectivity index is 1.37. The van der Waals surface area contributed by atoms with Crippen molar-refractivity contribution in [3.05, 3.63) is 47.5 Å². The molecule has 0 radical (unpaired) electrons. The highest BCUT2D eigenvalue weighted by atomic mass is 16.7. The van der Waals surface area contributed by atoms with Gasteiger partial charge >= 0.3 is 5.97 Å². The zero-order valence-corrected chi connectivity index (χ0v) is 27.1. The molecule has 0 amide bonds. The molecule has 50 heavy (non-hydrogen) atoms. The molecule has 1 aliphatic carbocycles. The molecule has 16 nitrogen and oxygen atoms in total. The fourth-order valence-electron chi connectivity index (χ4n) is 6.88. The molecule has 1 saturated carbocycles. The predicted octanol–water partition coefficient (Wildman–Crippen LogP) is 1.59. The molecule has 16 heteroatoms. The van der Waals surface area contributed by atoms with E-state index in [4.69, 9.17) is 23.7 Å². The van der Waals surface area contributed by atoms with Crippen LogP contribution in [-0.4, -0.2) is 115 Å². The maximum atomic E-state index is 12.4. The third kappa shape index (κ3) is 6.82. The highest BCUT2D eigenvalue weighted by molar-refractivity contribution is 5.97. The molecule has 6 rings (SSSR count). The number of hydrogen-bond donors (Lipinski definition) is 8. The number of aliphatic hydroxyl groups excluding tert-OH is 4. The summed E-state index contributed by atoms with van der Waals surface area (Å²) in [7, 11) is 1.51. The van der Waals surface area contributed by atoms with E-state index in [2.05, 4.69) is 9.98 Å². The van der Waals surface area contributed by atoms with Gasteiger partial charge in [-0.05, 0) is 42.9 Å². The molecule has 0 aromatic heterocycles. The molecule has 270 valence electrons. The van der Waals surface area contributed by atoms with Crippen LogP contribution >= 0.6 is 0 Å². The largest absolute Gasteiger partial charge is 0.507 e. The number of ether oxygens (including phenoxy) is 5. The highest BCUT2D eigenvalue weighted by Crippen LogP contribution is 2.53. The van der Waals surface area contributed by atoms with Crippen LogP contribution < -0.4 is 18.9 Å². The van der Waals surface area contributed by atoms with E-state index in [0.717, 1.165) is 0 Å². The number of carboxylic acids is 1. The van der Waals surface area contributed by atoms with Crippen molar-refractivity contribution >= 4 is 23.8 Å². The average molecular weight is 701 g/mol. The lowest BCUT2D eigenvalue weighted by Crippen LogP contribution is -2.69. The Morgan fingerprint density at radius 2 is 1.90 bits per heavy atom. The Kier molecular flexibility index (Phi) is 9.94. The lowest BCUT2D eigenvalue weighted by molar-refractivity contribution is -0.303. The first-order chi connectivity index (χ1) is 23.9. The number of carboxylic acid groups (broad SMARTS) is 1. The van der Waals surface area contributed by atoms with Crippen LogP contribution in [0, 0.1) is 5.92 Å². The number of aliphatic imine (C=N–C) groups is 2. The number of aliphatic hydroxyl groups is 6. The molecule has 2 aromatic carbocycles. The van der Waals surface area contributed by atoms with Gasteiger partial charge in [0, 0.05) is 43.7 Å². The molecular formula is C34H40N2O14. The van der Waals surface area contributed by atoms with E-state index in [1.165, 1.54) is 25.6 Å². The van der Waals surface area contributed by atoms with Crippen LogP contribution in [0.5, 0.6) is 28.7 Å². The van der Waals surface area contributed by atoms with Crippen molar-refractivity contribution in [3.8, 4) is 28.7 Å². The summed E-state index contributed by atoms with van der Waals surface area (Å²) in [6.45, 7) is -0.0609. The van der Waals surface area contributed by atoms with Gasteiger partial charge in [-0.15, -0.1) is 0 Å². The van der Waals surface area contributed by atoms with E-state index in [9.17, 15) is 45.6 Å². The number of carbonyl (C=O) groups is 1. The molecule has 8 N–H and O–H groups in total. The molecule has 2 fully saturated rings. The third-order valence-electron chi connectivity index (χ3n) is 9.45. The van der Waals surface area contributed by atoms with Crippen molar-refractivity contribution < 1.29 is 69.3 Å². The summed E-state index contributed by atoms with van der Waals surface area (Å²) in [5.41, 5.74) is -1.89. The maximum absolute atomic E-state index is 12.4. The van der Waals surface area contributed by atoms with Gasteiger partial charge in [0.25, 0.3) is 0 Å². The van der Waals surface area contributed by atoms with E-state index >= 15 is 0 Å². The first kappa shape index (κ1) is 35.4.